The van der Waals surface area contributed by atoms with Crippen molar-refractivity contribution in [3.63, 3.8) is 0 Å². The van der Waals surface area contributed by atoms with Crippen molar-refractivity contribution in [3.8, 4) is 5.75 Å². The minimum Gasteiger partial charge on any atom is -0.508 e. The van der Waals surface area contributed by atoms with Gasteiger partial charge in [0.1, 0.15) is 5.75 Å². The van der Waals surface area contributed by atoms with Crippen LogP contribution in [0.4, 0.5) is 0 Å². The first-order chi connectivity index (χ1) is 8.59. The second kappa shape index (κ2) is 3.90. The molecule has 0 bridgehead atoms. The zero-order chi connectivity index (χ0) is 12.8. The molecule has 1 atom stereocenters. The van der Waals surface area contributed by atoms with Crippen LogP contribution in [0.3, 0.4) is 0 Å². The molecule has 1 aromatic carbocycles. The zero-order valence-electron chi connectivity index (χ0n) is 10.6. The monoisotopic (exact) mass is 245 g/mol. The highest BCUT2D eigenvalue weighted by Gasteiger charge is 2.42. The molecular formula is C14H19N3O. The molecule has 1 saturated carbocycles. The molecule has 18 heavy (non-hydrogen) atoms. The van der Waals surface area contributed by atoms with Crippen molar-refractivity contribution in [1.82, 2.24) is 4.90 Å². The predicted octanol–water partition coefficient (Wildman–Crippen LogP) is 1.65. The van der Waals surface area contributed by atoms with Crippen LogP contribution in [0, 0.1) is 5.92 Å². The fraction of sp³-hybridized carbons (Fsp3) is 0.500. The number of aromatic hydroxyl groups is 1. The second-order valence-corrected chi connectivity index (χ2v) is 5.55. The molecule has 3 N–H and O–H groups in total. The number of rotatable bonds is 3. The van der Waals surface area contributed by atoms with Crippen LogP contribution in [0.1, 0.15) is 25.3 Å². The fourth-order valence-electron chi connectivity index (χ4n) is 2.60. The number of benzene rings is 1. The van der Waals surface area contributed by atoms with Gasteiger partial charge in [0.15, 0.2) is 5.96 Å². The highest BCUT2D eigenvalue weighted by Crippen LogP contribution is 2.38. The molecule has 2 aliphatic rings. The number of hydrogen-bond acceptors (Lipinski definition) is 4. The first-order valence-electron chi connectivity index (χ1n) is 6.47. The Morgan fingerprint density at radius 2 is 2.28 bits per heavy atom. The van der Waals surface area contributed by atoms with Gasteiger partial charge in [0.2, 0.25) is 0 Å². The van der Waals surface area contributed by atoms with Gasteiger partial charge in [-0.1, -0.05) is 12.1 Å². The molecule has 0 aromatic heterocycles. The molecule has 3 rings (SSSR count). The molecule has 0 amide bonds. The van der Waals surface area contributed by atoms with Gasteiger partial charge in [-0.2, -0.15) is 0 Å². The van der Waals surface area contributed by atoms with E-state index in [0.717, 1.165) is 18.0 Å². The van der Waals surface area contributed by atoms with Crippen LogP contribution in [0.25, 0.3) is 0 Å². The number of nitrogens with two attached hydrogens (primary N) is 1. The Balaban J connectivity index is 1.92. The van der Waals surface area contributed by atoms with Gasteiger partial charge in [-0.05, 0) is 43.4 Å². The van der Waals surface area contributed by atoms with Crippen molar-refractivity contribution >= 4 is 5.96 Å². The molecule has 1 aliphatic carbocycles. The first kappa shape index (κ1) is 11.4. The number of phenolic OH excluding ortho intramolecular Hbond substituents is 1. The van der Waals surface area contributed by atoms with Gasteiger partial charge in [0.25, 0.3) is 0 Å². The van der Waals surface area contributed by atoms with Crippen molar-refractivity contribution < 1.29 is 5.11 Å². The molecular weight excluding hydrogens is 226 g/mol. The SMILES string of the molecule is CC1(c2cccc(O)c2)CN=C(N)N1CC1CC1. The van der Waals surface area contributed by atoms with E-state index in [9.17, 15) is 5.11 Å². The normalized spacial score (nSPS) is 27.4. The average molecular weight is 245 g/mol. The summed E-state index contributed by atoms with van der Waals surface area (Å²) in [4.78, 5) is 6.59. The van der Waals surface area contributed by atoms with E-state index >= 15 is 0 Å². The van der Waals surface area contributed by atoms with Gasteiger partial charge < -0.3 is 15.7 Å². The summed E-state index contributed by atoms with van der Waals surface area (Å²) in [6.07, 6.45) is 2.58. The molecule has 0 saturated heterocycles. The summed E-state index contributed by atoms with van der Waals surface area (Å²) in [5.41, 5.74) is 6.88. The lowest BCUT2D eigenvalue weighted by molar-refractivity contribution is 0.216. The summed E-state index contributed by atoms with van der Waals surface area (Å²) in [7, 11) is 0. The Kier molecular flexibility index (Phi) is 2.47. The van der Waals surface area contributed by atoms with Gasteiger partial charge in [0, 0.05) is 6.54 Å². The number of aliphatic imine (C=N–C) groups is 1. The maximum atomic E-state index is 9.65. The largest absolute Gasteiger partial charge is 0.508 e. The molecule has 0 radical (unpaired) electrons. The van der Waals surface area contributed by atoms with Crippen LogP contribution < -0.4 is 5.73 Å². The molecule has 0 spiro atoms. The molecule has 4 nitrogen and oxygen atoms in total. The van der Waals surface area contributed by atoms with E-state index < -0.39 is 0 Å². The highest BCUT2D eigenvalue weighted by molar-refractivity contribution is 5.81. The van der Waals surface area contributed by atoms with Crippen LogP contribution in [0.2, 0.25) is 0 Å². The van der Waals surface area contributed by atoms with Gasteiger partial charge in [-0.3, -0.25) is 4.99 Å². The van der Waals surface area contributed by atoms with Crippen LogP contribution in [-0.4, -0.2) is 29.1 Å². The van der Waals surface area contributed by atoms with Crippen molar-refractivity contribution in [2.24, 2.45) is 16.6 Å². The topological polar surface area (TPSA) is 61.9 Å². The summed E-state index contributed by atoms with van der Waals surface area (Å²) < 4.78 is 0. The Labute approximate surface area is 107 Å². The Morgan fingerprint density at radius 3 is 2.94 bits per heavy atom. The van der Waals surface area contributed by atoms with Gasteiger partial charge >= 0.3 is 0 Å². The van der Waals surface area contributed by atoms with Crippen molar-refractivity contribution in [1.29, 1.82) is 0 Å². The maximum Gasteiger partial charge on any atom is 0.192 e. The predicted molar refractivity (Wildman–Crippen MR) is 71.4 cm³/mol. The second-order valence-electron chi connectivity index (χ2n) is 5.55. The molecule has 1 heterocycles. The standard InChI is InChI=1S/C14H19N3O/c1-14(11-3-2-4-12(18)7-11)9-16-13(15)17(14)8-10-5-6-10/h2-4,7,10,18H,5-6,8-9H2,1H3,(H2,15,16). The van der Waals surface area contributed by atoms with Crippen LogP contribution in [0.5, 0.6) is 5.75 Å². The van der Waals surface area contributed by atoms with Gasteiger partial charge in [-0.25, -0.2) is 0 Å². The third-order valence-corrected chi connectivity index (χ3v) is 4.03. The van der Waals surface area contributed by atoms with Gasteiger partial charge in [0.05, 0.1) is 12.1 Å². The van der Waals surface area contributed by atoms with Crippen LogP contribution in [-0.2, 0) is 5.54 Å². The number of phenols is 1. The van der Waals surface area contributed by atoms with E-state index in [1.807, 2.05) is 18.2 Å². The summed E-state index contributed by atoms with van der Waals surface area (Å²) >= 11 is 0. The molecule has 4 heteroatoms. The summed E-state index contributed by atoms with van der Waals surface area (Å²) in [5, 5.41) is 9.65. The lowest BCUT2D eigenvalue weighted by Crippen LogP contribution is -2.48. The Hall–Kier alpha value is -1.71. The molecule has 1 fully saturated rings. The molecule has 96 valence electrons. The van der Waals surface area contributed by atoms with E-state index in [0.29, 0.717) is 18.3 Å². The molecule has 1 unspecified atom stereocenters. The third-order valence-electron chi connectivity index (χ3n) is 4.03. The number of guanidine groups is 1. The summed E-state index contributed by atoms with van der Waals surface area (Å²) in [5.74, 6) is 1.69. The van der Waals surface area contributed by atoms with E-state index in [1.165, 1.54) is 12.8 Å². The maximum absolute atomic E-state index is 9.65. The van der Waals surface area contributed by atoms with E-state index in [1.54, 1.807) is 6.07 Å². The lowest BCUT2D eigenvalue weighted by Gasteiger charge is -2.37. The molecule has 1 aromatic rings. The van der Waals surface area contributed by atoms with Crippen LogP contribution >= 0.6 is 0 Å². The van der Waals surface area contributed by atoms with E-state index in [-0.39, 0.29) is 5.54 Å². The van der Waals surface area contributed by atoms with Crippen molar-refractivity contribution in [2.75, 3.05) is 13.1 Å². The lowest BCUT2D eigenvalue weighted by atomic mass is 9.90. The van der Waals surface area contributed by atoms with Crippen molar-refractivity contribution in [3.05, 3.63) is 29.8 Å². The zero-order valence-corrected chi connectivity index (χ0v) is 10.6. The number of nitrogens with zero attached hydrogens (tertiary/aromatic N) is 2. The smallest absolute Gasteiger partial charge is 0.192 e. The Morgan fingerprint density at radius 1 is 1.50 bits per heavy atom. The minimum atomic E-state index is -0.217. The van der Waals surface area contributed by atoms with Crippen LogP contribution in [0.15, 0.2) is 29.3 Å². The van der Waals surface area contributed by atoms with E-state index in [2.05, 4.69) is 16.8 Å². The fourth-order valence-corrected chi connectivity index (χ4v) is 2.60. The summed E-state index contributed by atoms with van der Waals surface area (Å²) in [6, 6.07) is 7.42. The summed E-state index contributed by atoms with van der Waals surface area (Å²) in [6.45, 7) is 3.78. The molecule has 1 aliphatic heterocycles. The number of hydrogen-bond donors (Lipinski definition) is 2. The third kappa shape index (κ3) is 1.82. The quantitative estimate of drug-likeness (QED) is 0.851. The first-order valence-corrected chi connectivity index (χ1v) is 6.47. The Bertz CT molecular complexity index is 496. The average Bonchev–Trinajstić information content (AvgIpc) is 3.12. The van der Waals surface area contributed by atoms with E-state index in [4.69, 9.17) is 5.73 Å². The van der Waals surface area contributed by atoms with Crippen molar-refractivity contribution in [2.45, 2.75) is 25.3 Å². The van der Waals surface area contributed by atoms with Gasteiger partial charge in [-0.15, -0.1) is 0 Å². The highest BCUT2D eigenvalue weighted by atomic mass is 16.3. The minimum absolute atomic E-state index is 0.217.